The highest BCUT2D eigenvalue weighted by molar-refractivity contribution is 5.15. The van der Waals surface area contributed by atoms with Crippen molar-refractivity contribution in [3.8, 4) is 0 Å². The molecule has 3 unspecified atom stereocenters. The summed E-state index contributed by atoms with van der Waals surface area (Å²) in [7, 11) is 0. The Labute approximate surface area is 274 Å². The SMILES string of the molecule is CC(CCCO)[C@H]1CC[C@H]2C3[C@H](OCCCN=[N+]=[N-])CC4C[C@H](OCCCN=[N+]=[N-])CC[C@]4(C)[C@H]3C[C@H](OCCCN=[N+]=[N-])[C@]12C. The molecule has 13 nitrogen and oxygen atoms in total. The molecule has 4 rings (SSSR count). The second kappa shape index (κ2) is 17.8. The molecule has 0 heterocycles. The molecule has 0 radical (unpaired) electrons. The highest BCUT2D eigenvalue weighted by Gasteiger charge is 2.66. The lowest BCUT2D eigenvalue weighted by Crippen LogP contribution is -2.63. The molecule has 0 amide bonds. The maximum atomic E-state index is 9.63. The van der Waals surface area contributed by atoms with Crippen LogP contribution in [-0.4, -0.2) is 69.5 Å². The molecule has 0 aromatic rings. The number of fused-ring (bicyclic) bond motifs is 5. The largest absolute Gasteiger partial charge is 0.396 e. The predicted octanol–water partition coefficient (Wildman–Crippen LogP) is 8.53. The van der Waals surface area contributed by atoms with Gasteiger partial charge in [-0.15, -0.1) is 0 Å². The number of ether oxygens (including phenoxy) is 3. The second-order valence-electron chi connectivity index (χ2n) is 14.8. The molecule has 4 saturated carbocycles. The van der Waals surface area contributed by atoms with E-state index in [2.05, 4.69) is 50.8 Å². The van der Waals surface area contributed by atoms with Crippen molar-refractivity contribution >= 4 is 0 Å². The van der Waals surface area contributed by atoms with Crippen LogP contribution in [0, 0.1) is 46.3 Å². The van der Waals surface area contributed by atoms with Crippen molar-refractivity contribution in [2.45, 2.75) is 116 Å². The number of azide groups is 3. The van der Waals surface area contributed by atoms with E-state index in [0.29, 0.717) is 75.0 Å². The van der Waals surface area contributed by atoms with Crippen LogP contribution in [0.15, 0.2) is 15.3 Å². The Morgan fingerprint density at radius 2 is 1.41 bits per heavy atom. The molecule has 1 N–H and O–H groups in total. The van der Waals surface area contributed by atoms with E-state index in [4.69, 9.17) is 30.8 Å². The van der Waals surface area contributed by atoms with Crippen LogP contribution in [0.4, 0.5) is 0 Å². The summed E-state index contributed by atoms with van der Waals surface area (Å²) in [6, 6.07) is 0. The van der Waals surface area contributed by atoms with E-state index in [9.17, 15) is 5.11 Å². The third kappa shape index (κ3) is 8.24. The molecule has 258 valence electrons. The second-order valence-corrected chi connectivity index (χ2v) is 14.8. The smallest absolute Gasteiger partial charge is 0.0637 e. The van der Waals surface area contributed by atoms with Gasteiger partial charge in [0.05, 0.1) is 18.3 Å². The van der Waals surface area contributed by atoms with Crippen molar-refractivity contribution in [2.24, 2.45) is 61.7 Å². The van der Waals surface area contributed by atoms with E-state index in [1.807, 2.05) is 0 Å². The van der Waals surface area contributed by atoms with Crippen LogP contribution in [0.25, 0.3) is 31.3 Å². The van der Waals surface area contributed by atoms with E-state index in [1.165, 1.54) is 12.8 Å². The van der Waals surface area contributed by atoms with Gasteiger partial charge in [0, 0.05) is 66.2 Å². The highest BCUT2D eigenvalue weighted by atomic mass is 16.5. The number of hydrogen-bond donors (Lipinski definition) is 1. The minimum absolute atomic E-state index is 0.00331. The van der Waals surface area contributed by atoms with Gasteiger partial charge in [-0.3, -0.25) is 0 Å². The van der Waals surface area contributed by atoms with Crippen molar-refractivity contribution in [1.29, 1.82) is 0 Å². The zero-order chi connectivity index (χ0) is 33.0. The quantitative estimate of drug-likeness (QED) is 0.0637. The van der Waals surface area contributed by atoms with E-state index < -0.39 is 0 Å². The van der Waals surface area contributed by atoms with Gasteiger partial charge in [-0.1, -0.05) is 36.1 Å². The standard InChI is InChI=1S/C33H57N9O4/c1-23(8-4-16-43)26-9-10-27-31-28(22-30(33(26,27)3)46-19-7-15-39-42-36)32(2)12-11-25(44-17-5-13-37-40-34)20-24(32)21-29(31)45-18-6-14-38-41-35/h23-31,43H,4-22H2,1-3H3/t23?,24?,25-,26-,27+,28+,29-,30+,31?,32+,33-/m1/s1. The third-order valence-corrected chi connectivity index (χ3v) is 12.7. The number of aliphatic hydroxyl groups is 1. The predicted molar refractivity (Wildman–Crippen MR) is 177 cm³/mol. The number of hydrogen-bond acceptors (Lipinski definition) is 7. The molecule has 0 saturated heterocycles. The van der Waals surface area contributed by atoms with Crippen molar-refractivity contribution in [3.63, 3.8) is 0 Å². The Morgan fingerprint density at radius 1 is 0.783 bits per heavy atom. The van der Waals surface area contributed by atoms with Crippen LogP contribution in [0.1, 0.15) is 97.8 Å². The van der Waals surface area contributed by atoms with E-state index in [-0.39, 0.29) is 35.7 Å². The first kappa shape index (κ1) is 36.6. The molecule has 0 bridgehead atoms. The highest BCUT2D eigenvalue weighted by Crippen LogP contribution is 2.69. The summed E-state index contributed by atoms with van der Waals surface area (Å²) < 4.78 is 20.1. The Morgan fingerprint density at radius 3 is 2.04 bits per heavy atom. The average molecular weight is 644 g/mol. The summed E-state index contributed by atoms with van der Waals surface area (Å²) in [5.41, 5.74) is 26.3. The third-order valence-electron chi connectivity index (χ3n) is 12.7. The van der Waals surface area contributed by atoms with Gasteiger partial charge >= 0.3 is 0 Å². The molecule has 0 spiro atoms. The molecule has 0 aliphatic heterocycles. The van der Waals surface area contributed by atoms with Crippen LogP contribution in [0.5, 0.6) is 0 Å². The van der Waals surface area contributed by atoms with Gasteiger partial charge in [0.25, 0.3) is 0 Å². The molecular weight excluding hydrogens is 586 g/mol. The zero-order valence-corrected chi connectivity index (χ0v) is 28.3. The van der Waals surface area contributed by atoms with Gasteiger partial charge in [0.1, 0.15) is 0 Å². The summed E-state index contributed by atoms with van der Waals surface area (Å²) >= 11 is 0. The number of rotatable bonds is 19. The molecule has 0 aromatic carbocycles. The Hall–Kier alpha value is -2.23. The summed E-state index contributed by atoms with van der Waals surface area (Å²) in [4.78, 5) is 8.71. The fourth-order valence-electron chi connectivity index (χ4n) is 10.5. The first-order chi connectivity index (χ1) is 22.3. The average Bonchev–Trinajstić information content (AvgIpc) is 3.41. The van der Waals surface area contributed by atoms with Crippen molar-refractivity contribution in [2.75, 3.05) is 46.1 Å². The summed E-state index contributed by atoms with van der Waals surface area (Å²) in [6.45, 7) is 10.8. The fourth-order valence-corrected chi connectivity index (χ4v) is 10.5. The molecule has 4 fully saturated rings. The first-order valence-electron chi connectivity index (χ1n) is 17.8. The van der Waals surface area contributed by atoms with Crippen molar-refractivity contribution < 1.29 is 19.3 Å². The molecule has 11 atom stereocenters. The maximum Gasteiger partial charge on any atom is 0.0637 e. The van der Waals surface area contributed by atoms with Gasteiger partial charge in [0.2, 0.25) is 0 Å². The van der Waals surface area contributed by atoms with Crippen LogP contribution >= 0.6 is 0 Å². The molecular formula is C33H57N9O4. The normalized spacial score (nSPS) is 37.0. The summed E-state index contributed by atoms with van der Waals surface area (Å²) in [6.07, 6.45) is 12.0. The van der Waals surface area contributed by atoms with Crippen LogP contribution in [0.2, 0.25) is 0 Å². The molecule has 4 aliphatic rings. The number of nitrogens with zero attached hydrogens (tertiary/aromatic N) is 9. The van der Waals surface area contributed by atoms with Gasteiger partial charge < -0.3 is 19.3 Å². The minimum atomic E-state index is -0.00331. The topological polar surface area (TPSA) is 194 Å². The molecule has 4 aliphatic carbocycles. The first-order valence-corrected chi connectivity index (χ1v) is 17.8. The zero-order valence-electron chi connectivity index (χ0n) is 28.3. The summed E-state index contributed by atoms with van der Waals surface area (Å²) in [5.74, 6) is 2.86. The summed E-state index contributed by atoms with van der Waals surface area (Å²) in [5, 5.41) is 20.8. The lowest BCUT2D eigenvalue weighted by Gasteiger charge is -2.65. The van der Waals surface area contributed by atoms with E-state index >= 15 is 0 Å². The Balaban J connectivity index is 1.61. The number of aliphatic hydroxyl groups excluding tert-OH is 1. The molecule has 0 aromatic heterocycles. The monoisotopic (exact) mass is 643 g/mol. The fraction of sp³-hybridized carbons (Fsp3) is 1.00. The van der Waals surface area contributed by atoms with Crippen LogP contribution in [-0.2, 0) is 14.2 Å². The Bertz CT molecular complexity index is 1110. The lowest BCUT2D eigenvalue weighted by atomic mass is 9.43. The van der Waals surface area contributed by atoms with Crippen molar-refractivity contribution in [1.82, 2.24) is 0 Å². The van der Waals surface area contributed by atoms with Crippen LogP contribution in [0.3, 0.4) is 0 Å². The maximum absolute atomic E-state index is 9.63. The van der Waals surface area contributed by atoms with E-state index in [0.717, 1.165) is 64.2 Å². The van der Waals surface area contributed by atoms with Gasteiger partial charge in [-0.05, 0) is 135 Å². The van der Waals surface area contributed by atoms with Crippen LogP contribution < -0.4 is 0 Å². The van der Waals surface area contributed by atoms with Gasteiger partial charge in [0.15, 0.2) is 0 Å². The van der Waals surface area contributed by atoms with Crippen molar-refractivity contribution in [3.05, 3.63) is 31.3 Å². The lowest BCUT2D eigenvalue weighted by molar-refractivity contribution is -0.227. The minimum Gasteiger partial charge on any atom is -0.396 e. The molecule has 46 heavy (non-hydrogen) atoms. The van der Waals surface area contributed by atoms with Gasteiger partial charge in [-0.25, -0.2) is 0 Å². The van der Waals surface area contributed by atoms with Gasteiger partial charge in [-0.2, -0.15) is 0 Å². The molecule has 13 heteroatoms. The van der Waals surface area contributed by atoms with E-state index in [1.54, 1.807) is 0 Å². The Kier molecular flexibility index (Phi) is 14.2.